The van der Waals surface area contributed by atoms with Gasteiger partial charge in [-0.1, -0.05) is 19.4 Å². The molecule has 12 heavy (non-hydrogen) atoms. The Morgan fingerprint density at radius 1 is 1.58 bits per heavy atom. The van der Waals surface area contributed by atoms with E-state index in [1.54, 1.807) is 13.0 Å². The van der Waals surface area contributed by atoms with Crippen LogP contribution in [0, 0.1) is 0 Å². The highest BCUT2D eigenvalue weighted by Gasteiger charge is 1.97. The second-order valence-electron chi connectivity index (χ2n) is 2.56. The summed E-state index contributed by atoms with van der Waals surface area (Å²) in [5.74, 6) is -0.316. The minimum absolute atomic E-state index is 0.0283. The fourth-order valence-corrected chi connectivity index (χ4v) is 0.822. The van der Waals surface area contributed by atoms with Gasteiger partial charge in [0.1, 0.15) is 0 Å². The van der Waals surface area contributed by atoms with Crippen LogP contribution >= 0.6 is 0 Å². The lowest BCUT2D eigenvalue weighted by Gasteiger charge is -2.02. The fourth-order valence-electron chi connectivity index (χ4n) is 0.822. The molecule has 0 rings (SSSR count). The lowest BCUT2D eigenvalue weighted by Crippen LogP contribution is -2.16. The average molecular weight is 171 g/mol. The molecule has 0 bridgehead atoms. The first-order chi connectivity index (χ1) is 5.70. The molecule has 0 aliphatic rings. The second-order valence-corrected chi connectivity index (χ2v) is 2.56. The molecule has 0 fully saturated rings. The number of carbonyl (C=O) groups is 1. The summed E-state index contributed by atoms with van der Waals surface area (Å²) in [5, 5.41) is 0. The first-order valence-electron chi connectivity index (χ1n) is 4.31. The maximum Gasteiger partial charge on any atom is 0.330 e. The molecular formula is C9H17NO2. The molecule has 0 aromatic rings. The largest absolute Gasteiger partial charge is 0.463 e. The van der Waals surface area contributed by atoms with Crippen molar-refractivity contribution in [2.24, 2.45) is 5.73 Å². The van der Waals surface area contributed by atoms with Gasteiger partial charge in [-0.25, -0.2) is 4.79 Å². The van der Waals surface area contributed by atoms with Crippen molar-refractivity contribution >= 4 is 5.97 Å². The van der Waals surface area contributed by atoms with E-state index in [1.807, 2.05) is 0 Å². The second kappa shape index (κ2) is 6.85. The lowest BCUT2D eigenvalue weighted by molar-refractivity contribution is -0.137. The van der Waals surface area contributed by atoms with Gasteiger partial charge in [0.15, 0.2) is 0 Å². The summed E-state index contributed by atoms with van der Waals surface area (Å²) in [5.41, 5.74) is 5.63. The quantitative estimate of drug-likeness (QED) is 0.500. The molecule has 0 aromatic carbocycles. The molecule has 0 saturated heterocycles. The van der Waals surface area contributed by atoms with Gasteiger partial charge >= 0.3 is 5.97 Å². The van der Waals surface area contributed by atoms with Gasteiger partial charge in [0, 0.05) is 12.1 Å². The molecule has 3 nitrogen and oxygen atoms in total. The molecule has 0 heterocycles. The van der Waals surface area contributed by atoms with E-state index in [9.17, 15) is 4.79 Å². The smallest absolute Gasteiger partial charge is 0.330 e. The number of carbonyl (C=O) groups excluding carboxylic acids is 1. The fraction of sp³-hybridized carbons (Fsp3) is 0.667. The van der Waals surface area contributed by atoms with Crippen LogP contribution in [-0.4, -0.2) is 18.6 Å². The maximum absolute atomic E-state index is 10.8. The van der Waals surface area contributed by atoms with E-state index in [-0.39, 0.29) is 12.0 Å². The van der Waals surface area contributed by atoms with E-state index >= 15 is 0 Å². The van der Waals surface area contributed by atoms with Gasteiger partial charge < -0.3 is 10.5 Å². The van der Waals surface area contributed by atoms with E-state index in [0.717, 1.165) is 12.8 Å². The van der Waals surface area contributed by atoms with Gasteiger partial charge in [-0.05, 0) is 13.3 Å². The predicted octanol–water partition coefficient (Wildman–Crippen LogP) is 1.23. The number of ether oxygens (including phenoxy) is 1. The molecule has 70 valence electrons. The minimum Gasteiger partial charge on any atom is -0.463 e. The standard InChI is InChI=1S/C9H17NO2/c1-3-5-8(10)6-7-9(11)12-4-2/h6-8H,3-5,10H2,1-2H3/b7-6+/t8-/m0/s1. The van der Waals surface area contributed by atoms with Crippen LogP contribution < -0.4 is 5.73 Å². The highest BCUT2D eigenvalue weighted by Crippen LogP contribution is 1.94. The van der Waals surface area contributed by atoms with Gasteiger partial charge in [-0.2, -0.15) is 0 Å². The Hall–Kier alpha value is -0.830. The number of hydrogen-bond donors (Lipinski definition) is 1. The predicted molar refractivity (Wildman–Crippen MR) is 48.7 cm³/mol. The monoisotopic (exact) mass is 171 g/mol. The molecular weight excluding hydrogens is 154 g/mol. The summed E-state index contributed by atoms with van der Waals surface area (Å²) < 4.78 is 4.69. The normalized spacial score (nSPS) is 13.2. The zero-order valence-electron chi connectivity index (χ0n) is 7.75. The number of nitrogens with two attached hydrogens (primary N) is 1. The summed E-state index contributed by atoms with van der Waals surface area (Å²) in [6.07, 6.45) is 5.00. The third-order valence-electron chi connectivity index (χ3n) is 1.39. The first kappa shape index (κ1) is 11.2. The van der Waals surface area contributed by atoms with E-state index < -0.39 is 0 Å². The molecule has 0 spiro atoms. The molecule has 3 heteroatoms. The van der Waals surface area contributed by atoms with E-state index in [2.05, 4.69) is 11.7 Å². The highest BCUT2D eigenvalue weighted by atomic mass is 16.5. The Labute approximate surface area is 73.6 Å². The Bertz CT molecular complexity index is 155. The summed E-state index contributed by atoms with van der Waals surface area (Å²) in [6, 6.07) is -0.0283. The average Bonchev–Trinajstić information content (AvgIpc) is 2.02. The Morgan fingerprint density at radius 2 is 2.25 bits per heavy atom. The van der Waals surface area contributed by atoms with Crippen LogP contribution in [0.5, 0.6) is 0 Å². The highest BCUT2D eigenvalue weighted by molar-refractivity contribution is 5.81. The van der Waals surface area contributed by atoms with Crippen molar-refractivity contribution < 1.29 is 9.53 Å². The zero-order valence-corrected chi connectivity index (χ0v) is 7.75. The summed E-state index contributed by atoms with van der Waals surface area (Å²) in [6.45, 7) is 4.24. The molecule has 0 saturated carbocycles. The minimum atomic E-state index is -0.316. The lowest BCUT2D eigenvalue weighted by atomic mass is 10.2. The SMILES string of the molecule is CCC[C@H](N)/C=C/C(=O)OCC. The van der Waals surface area contributed by atoms with Crippen molar-refractivity contribution in [2.75, 3.05) is 6.61 Å². The molecule has 0 aliphatic heterocycles. The van der Waals surface area contributed by atoms with Crippen molar-refractivity contribution in [1.29, 1.82) is 0 Å². The van der Waals surface area contributed by atoms with Crippen LogP contribution in [-0.2, 0) is 9.53 Å². The van der Waals surface area contributed by atoms with Gasteiger partial charge in [0.2, 0.25) is 0 Å². The van der Waals surface area contributed by atoms with E-state index in [0.29, 0.717) is 6.61 Å². The van der Waals surface area contributed by atoms with Crippen molar-refractivity contribution in [2.45, 2.75) is 32.7 Å². The molecule has 0 amide bonds. The maximum atomic E-state index is 10.8. The van der Waals surface area contributed by atoms with E-state index in [4.69, 9.17) is 5.73 Å². The molecule has 1 atom stereocenters. The third kappa shape index (κ3) is 5.92. The third-order valence-corrected chi connectivity index (χ3v) is 1.39. The van der Waals surface area contributed by atoms with Crippen molar-refractivity contribution in [3.63, 3.8) is 0 Å². The van der Waals surface area contributed by atoms with Crippen molar-refractivity contribution in [1.82, 2.24) is 0 Å². The van der Waals surface area contributed by atoms with Crippen LogP contribution in [0.2, 0.25) is 0 Å². The van der Waals surface area contributed by atoms with Gasteiger partial charge in [-0.15, -0.1) is 0 Å². The Kier molecular flexibility index (Phi) is 6.38. The Balaban J connectivity index is 3.65. The van der Waals surface area contributed by atoms with Crippen molar-refractivity contribution in [3.05, 3.63) is 12.2 Å². The van der Waals surface area contributed by atoms with Crippen LogP contribution in [0.4, 0.5) is 0 Å². The zero-order chi connectivity index (χ0) is 9.40. The molecule has 0 aliphatic carbocycles. The number of hydrogen-bond acceptors (Lipinski definition) is 3. The number of esters is 1. The first-order valence-corrected chi connectivity index (χ1v) is 4.31. The van der Waals surface area contributed by atoms with Gasteiger partial charge in [0.05, 0.1) is 6.61 Å². The van der Waals surface area contributed by atoms with Crippen LogP contribution in [0.15, 0.2) is 12.2 Å². The summed E-state index contributed by atoms with van der Waals surface area (Å²) in [4.78, 5) is 10.8. The van der Waals surface area contributed by atoms with E-state index in [1.165, 1.54) is 6.08 Å². The molecule has 0 aromatic heterocycles. The number of rotatable bonds is 5. The van der Waals surface area contributed by atoms with Crippen LogP contribution in [0.25, 0.3) is 0 Å². The Morgan fingerprint density at radius 3 is 2.75 bits per heavy atom. The summed E-state index contributed by atoms with van der Waals surface area (Å²) >= 11 is 0. The van der Waals surface area contributed by atoms with Gasteiger partial charge in [0.25, 0.3) is 0 Å². The van der Waals surface area contributed by atoms with Gasteiger partial charge in [-0.3, -0.25) is 0 Å². The van der Waals surface area contributed by atoms with Crippen LogP contribution in [0.3, 0.4) is 0 Å². The molecule has 2 N–H and O–H groups in total. The summed E-state index contributed by atoms with van der Waals surface area (Å²) in [7, 11) is 0. The molecule has 0 radical (unpaired) electrons. The van der Waals surface area contributed by atoms with Crippen molar-refractivity contribution in [3.8, 4) is 0 Å². The topological polar surface area (TPSA) is 52.3 Å². The van der Waals surface area contributed by atoms with Crippen LogP contribution in [0.1, 0.15) is 26.7 Å². The molecule has 0 unspecified atom stereocenters.